The van der Waals surface area contributed by atoms with Crippen molar-refractivity contribution >= 4 is 43.1 Å². The van der Waals surface area contributed by atoms with Crippen LogP contribution in [0.15, 0.2) is 0 Å². The third kappa shape index (κ3) is 2.39. The monoisotopic (exact) mass is 228 g/mol. The molecule has 0 saturated carbocycles. The molecule has 0 rings (SSSR count). The van der Waals surface area contributed by atoms with Gasteiger partial charge in [-0.05, 0) is 0 Å². The Kier molecular flexibility index (Phi) is 4.18. The van der Waals surface area contributed by atoms with Crippen LogP contribution in [-0.4, -0.2) is 57.7 Å². The van der Waals surface area contributed by atoms with Gasteiger partial charge >= 0.3 is 85.7 Å². The zero-order chi connectivity index (χ0) is 10.2. The van der Waals surface area contributed by atoms with E-state index in [4.69, 9.17) is 24.7 Å². The summed E-state index contributed by atoms with van der Waals surface area (Å²) in [6.45, 7) is 0. The van der Waals surface area contributed by atoms with E-state index in [2.05, 4.69) is 0 Å². The van der Waals surface area contributed by atoms with Gasteiger partial charge in [-0.2, -0.15) is 0 Å². The molecule has 0 amide bonds. The van der Waals surface area contributed by atoms with Crippen LogP contribution in [0.1, 0.15) is 0 Å². The summed E-state index contributed by atoms with van der Waals surface area (Å²) in [7, 11) is -10.4. The molecule has 0 bridgehead atoms. The average molecular weight is 228 g/mol. The van der Waals surface area contributed by atoms with Crippen LogP contribution >= 0.6 is 15.2 Å². The molecule has 0 aliphatic rings. The molecule has 10 heteroatoms. The molecule has 12 heavy (non-hydrogen) atoms. The number of hydrogen-bond donors (Lipinski definition) is 5. The van der Waals surface area contributed by atoms with Crippen molar-refractivity contribution in [3.63, 3.8) is 0 Å². The summed E-state index contributed by atoms with van der Waals surface area (Å²) < 4.78 is 20.4. The minimum absolute atomic E-state index is 0.0740. The molecule has 0 aromatic rings. The van der Waals surface area contributed by atoms with Gasteiger partial charge in [-0.3, -0.25) is 0 Å². The summed E-state index contributed by atoms with van der Waals surface area (Å²) in [5.74, 6) is 0. The Balaban J connectivity index is 5.25. The van der Waals surface area contributed by atoms with E-state index in [1.165, 1.54) is 0 Å². The summed E-state index contributed by atoms with van der Waals surface area (Å²) in [5, 5.41) is 5.81. The summed E-state index contributed by atoms with van der Waals surface area (Å²) >= 11 is 0.0740. The van der Waals surface area contributed by atoms with Gasteiger partial charge in [0.05, 0.1) is 0 Å². The second-order valence-corrected chi connectivity index (χ2v) is 6.93. The van der Waals surface area contributed by atoms with Crippen LogP contribution in [-0.2, 0) is 9.13 Å². The molecule has 0 fully saturated rings. The summed E-state index contributed by atoms with van der Waals surface area (Å²) in [6.07, 6.45) is 0. The first kappa shape index (κ1) is 13.3. The summed E-state index contributed by atoms with van der Waals surface area (Å²) in [4.78, 5) is 33.9. The number of hydrogen-bond acceptors (Lipinski definition) is 3. The first-order valence-corrected chi connectivity index (χ1v) is 7.54. The van der Waals surface area contributed by atoms with Crippen LogP contribution < -0.4 is 0 Å². The van der Waals surface area contributed by atoms with Crippen molar-refractivity contribution in [2.45, 2.75) is 8.75 Å². The third-order valence-corrected chi connectivity index (χ3v) is 7.68. The van der Waals surface area contributed by atoms with E-state index in [0.717, 1.165) is 0 Å². The van der Waals surface area contributed by atoms with Crippen LogP contribution in [0.4, 0.5) is 0 Å². The molecule has 0 heterocycles. The molecule has 68 valence electrons. The van der Waals surface area contributed by atoms with Gasteiger partial charge in [0.15, 0.2) is 0 Å². The molecule has 0 aromatic heterocycles. The predicted molar refractivity (Wildman–Crippen MR) is 39.6 cm³/mol. The Hall–Kier alpha value is 1.26. The van der Waals surface area contributed by atoms with Crippen molar-refractivity contribution in [3.05, 3.63) is 0 Å². The van der Waals surface area contributed by atoms with Crippen LogP contribution in [0.3, 0.4) is 0 Å². The quantitative estimate of drug-likeness (QED) is 0.295. The molecule has 0 radical (unpaired) electrons. The molecule has 0 spiro atoms. The first-order chi connectivity index (χ1) is 5.06. The fourth-order valence-corrected chi connectivity index (χ4v) is 5.23. The molecule has 0 atom stereocenters. The standard InChI is InChI=1S/C2H7O7P2.Na/c1-2(3,10(4,5)6)11(7,8)9;/h3H,1H2,(H2,4,5,6)(H2,7,8,9);. The Morgan fingerprint density at radius 3 is 1.33 bits per heavy atom. The van der Waals surface area contributed by atoms with E-state index in [1.54, 1.807) is 0 Å². The van der Waals surface area contributed by atoms with Crippen LogP contribution in [0.2, 0.25) is 3.67 Å². The normalized spacial score (nSPS) is 14.9. The van der Waals surface area contributed by atoms with Crippen molar-refractivity contribution in [2.75, 3.05) is 0 Å². The van der Waals surface area contributed by atoms with E-state index in [1.807, 2.05) is 0 Å². The Morgan fingerprint density at radius 2 is 1.33 bits per heavy atom. The van der Waals surface area contributed by atoms with Gasteiger partial charge in [0.1, 0.15) is 0 Å². The number of rotatable bonds is 3. The average Bonchev–Trinajstić information content (AvgIpc) is 1.81. The van der Waals surface area contributed by atoms with Crippen molar-refractivity contribution in [1.29, 1.82) is 0 Å². The molecule has 5 N–H and O–H groups in total. The Bertz CT molecular complexity index is 228. The first-order valence-electron chi connectivity index (χ1n) is 2.90. The molecule has 0 unspecified atom stereocenters. The molecule has 0 aromatic carbocycles. The maximum absolute atomic E-state index is 10.5. The SMILES string of the molecule is O=P(O)(O)C(O)([CH2][Na])P(=O)(O)O. The molecule has 7 nitrogen and oxygen atoms in total. The van der Waals surface area contributed by atoms with Crippen LogP contribution in [0.5, 0.6) is 0 Å². The van der Waals surface area contributed by atoms with Crippen molar-refractivity contribution in [3.8, 4) is 0 Å². The van der Waals surface area contributed by atoms with E-state index < -0.39 is 23.9 Å². The fourth-order valence-electron chi connectivity index (χ4n) is 0.582. The predicted octanol–water partition coefficient (Wildman–Crippen LogP) is -1.43. The summed E-state index contributed by atoms with van der Waals surface area (Å²) in [6, 6.07) is 0. The topological polar surface area (TPSA) is 135 Å². The summed E-state index contributed by atoms with van der Waals surface area (Å²) in [5.41, 5.74) is 0. The third-order valence-electron chi connectivity index (χ3n) is 1.41. The van der Waals surface area contributed by atoms with E-state index in [0.29, 0.717) is 0 Å². The molecular weight excluding hydrogens is 221 g/mol. The molecular formula is C2H7NaO7P2. The van der Waals surface area contributed by atoms with Crippen molar-refractivity contribution < 1.29 is 33.8 Å². The van der Waals surface area contributed by atoms with Crippen molar-refractivity contribution in [2.24, 2.45) is 0 Å². The second kappa shape index (κ2) is 3.79. The minimum atomic E-state index is -5.18. The van der Waals surface area contributed by atoms with Gasteiger partial charge in [-0.15, -0.1) is 0 Å². The number of aliphatic hydroxyl groups is 1. The van der Waals surface area contributed by atoms with Gasteiger partial charge in [0, 0.05) is 0 Å². The van der Waals surface area contributed by atoms with E-state index in [9.17, 15) is 9.13 Å². The molecule has 0 aliphatic carbocycles. The fraction of sp³-hybridized carbons (Fsp3) is 1.00. The van der Waals surface area contributed by atoms with Gasteiger partial charge in [-0.1, -0.05) is 0 Å². The van der Waals surface area contributed by atoms with Crippen LogP contribution in [0.25, 0.3) is 0 Å². The van der Waals surface area contributed by atoms with Crippen LogP contribution in [0, 0.1) is 0 Å². The Morgan fingerprint density at radius 1 is 1.08 bits per heavy atom. The Labute approximate surface area is 85.5 Å². The van der Waals surface area contributed by atoms with E-state index in [-0.39, 0.29) is 27.9 Å². The van der Waals surface area contributed by atoms with E-state index >= 15 is 0 Å². The molecule has 0 saturated heterocycles. The zero-order valence-corrected chi connectivity index (χ0v) is 9.94. The van der Waals surface area contributed by atoms with Gasteiger partial charge < -0.3 is 0 Å². The second-order valence-electron chi connectivity index (χ2n) is 2.22. The van der Waals surface area contributed by atoms with Gasteiger partial charge in [0.25, 0.3) is 0 Å². The molecule has 0 aliphatic heterocycles. The van der Waals surface area contributed by atoms with Crippen molar-refractivity contribution in [1.82, 2.24) is 0 Å². The van der Waals surface area contributed by atoms with Gasteiger partial charge in [-0.25, -0.2) is 0 Å². The maximum atomic E-state index is 10.5. The van der Waals surface area contributed by atoms with Gasteiger partial charge in [0.2, 0.25) is 0 Å². The zero-order valence-electron chi connectivity index (χ0n) is 6.15.